The first-order valence-corrected chi connectivity index (χ1v) is 11.9. The third-order valence-electron chi connectivity index (χ3n) is 5.92. The number of methoxy groups -OCH3 is 2. The number of carbonyl (C=O) groups is 2. The van der Waals surface area contributed by atoms with Crippen LogP contribution in [0.15, 0.2) is 103 Å². The van der Waals surface area contributed by atoms with Gasteiger partial charge in [0.15, 0.2) is 0 Å². The van der Waals surface area contributed by atoms with E-state index in [0.717, 1.165) is 11.1 Å². The summed E-state index contributed by atoms with van der Waals surface area (Å²) in [5.41, 5.74) is 2.91. The Bertz CT molecular complexity index is 1310. The summed E-state index contributed by atoms with van der Waals surface area (Å²) in [6.45, 7) is 0.206. The standard InChI is InChI=1S/C30H29N3O4/c1-36-26-15-13-25(14-16-26)32-30(35)29(24-11-6-12-27(19-24)37-2)33(21-23-10-7-17-31-20-23)28(34)18-22-8-4-3-5-9-22/h3-17,19-20,29H,18,21H2,1-2H3,(H,32,35). The van der Waals surface area contributed by atoms with Crippen LogP contribution in [-0.2, 0) is 22.6 Å². The van der Waals surface area contributed by atoms with Crippen LogP contribution in [0.3, 0.4) is 0 Å². The van der Waals surface area contributed by atoms with Gasteiger partial charge >= 0.3 is 0 Å². The monoisotopic (exact) mass is 495 g/mol. The molecule has 1 atom stereocenters. The molecule has 0 fully saturated rings. The van der Waals surface area contributed by atoms with E-state index in [1.54, 1.807) is 67.9 Å². The van der Waals surface area contributed by atoms with Crippen molar-refractivity contribution >= 4 is 17.5 Å². The number of anilines is 1. The maximum Gasteiger partial charge on any atom is 0.251 e. The number of amides is 2. The van der Waals surface area contributed by atoms with Gasteiger partial charge in [0.05, 0.1) is 20.6 Å². The number of benzene rings is 3. The Hall–Kier alpha value is -4.65. The van der Waals surface area contributed by atoms with Crippen LogP contribution in [0.5, 0.6) is 11.5 Å². The van der Waals surface area contributed by atoms with Gasteiger partial charge in [0, 0.05) is 24.6 Å². The van der Waals surface area contributed by atoms with Crippen molar-refractivity contribution in [3.63, 3.8) is 0 Å². The number of nitrogens with one attached hydrogen (secondary N) is 1. The van der Waals surface area contributed by atoms with E-state index in [-0.39, 0.29) is 24.8 Å². The molecule has 7 heteroatoms. The van der Waals surface area contributed by atoms with E-state index in [9.17, 15) is 9.59 Å². The van der Waals surface area contributed by atoms with Crippen molar-refractivity contribution in [1.82, 2.24) is 9.88 Å². The van der Waals surface area contributed by atoms with Crippen LogP contribution in [0.4, 0.5) is 5.69 Å². The van der Waals surface area contributed by atoms with E-state index in [4.69, 9.17) is 9.47 Å². The van der Waals surface area contributed by atoms with Crippen molar-refractivity contribution in [1.29, 1.82) is 0 Å². The molecule has 1 unspecified atom stereocenters. The average molecular weight is 496 g/mol. The molecule has 4 aromatic rings. The number of hydrogen-bond acceptors (Lipinski definition) is 5. The van der Waals surface area contributed by atoms with Crippen LogP contribution >= 0.6 is 0 Å². The van der Waals surface area contributed by atoms with Crippen molar-refractivity contribution in [3.05, 3.63) is 120 Å². The van der Waals surface area contributed by atoms with Crippen molar-refractivity contribution in [2.75, 3.05) is 19.5 Å². The van der Waals surface area contributed by atoms with Gasteiger partial charge in [0.2, 0.25) is 5.91 Å². The molecule has 0 aliphatic rings. The molecule has 37 heavy (non-hydrogen) atoms. The smallest absolute Gasteiger partial charge is 0.251 e. The molecule has 1 aromatic heterocycles. The maximum absolute atomic E-state index is 13.9. The van der Waals surface area contributed by atoms with E-state index < -0.39 is 6.04 Å². The number of ether oxygens (including phenoxy) is 2. The third-order valence-corrected chi connectivity index (χ3v) is 5.92. The molecule has 0 spiro atoms. The molecule has 0 radical (unpaired) electrons. The normalized spacial score (nSPS) is 11.3. The molecular formula is C30H29N3O4. The van der Waals surface area contributed by atoms with Gasteiger partial charge in [-0.05, 0) is 59.2 Å². The minimum absolute atomic E-state index is 0.150. The highest BCUT2D eigenvalue weighted by atomic mass is 16.5. The van der Waals surface area contributed by atoms with Gasteiger partial charge in [-0.25, -0.2) is 0 Å². The number of aromatic nitrogens is 1. The molecule has 2 amide bonds. The first kappa shape index (κ1) is 25.4. The van der Waals surface area contributed by atoms with E-state index in [0.29, 0.717) is 22.7 Å². The van der Waals surface area contributed by atoms with Crippen LogP contribution in [0.1, 0.15) is 22.7 Å². The van der Waals surface area contributed by atoms with Crippen molar-refractivity contribution in [2.45, 2.75) is 19.0 Å². The quantitative estimate of drug-likeness (QED) is 0.333. The second kappa shape index (κ2) is 12.4. The summed E-state index contributed by atoms with van der Waals surface area (Å²) < 4.78 is 10.6. The first-order valence-electron chi connectivity index (χ1n) is 11.9. The topological polar surface area (TPSA) is 80.8 Å². The molecule has 0 saturated heterocycles. The highest BCUT2D eigenvalue weighted by Crippen LogP contribution is 2.29. The molecule has 3 aromatic carbocycles. The summed E-state index contributed by atoms with van der Waals surface area (Å²) >= 11 is 0. The highest BCUT2D eigenvalue weighted by Gasteiger charge is 2.32. The summed E-state index contributed by atoms with van der Waals surface area (Å²) in [5, 5.41) is 2.97. The summed E-state index contributed by atoms with van der Waals surface area (Å²) in [5.74, 6) is 0.742. The summed E-state index contributed by atoms with van der Waals surface area (Å²) in [6.07, 6.45) is 3.53. The summed E-state index contributed by atoms with van der Waals surface area (Å²) in [4.78, 5) is 33.5. The molecule has 0 saturated carbocycles. The van der Waals surface area contributed by atoms with Gasteiger partial charge in [0.1, 0.15) is 17.5 Å². The number of hydrogen-bond donors (Lipinski definition) is 1. The Morgan fingerprint density at radius 1 is 0.838 bits per heavy atom. The fraction of sp³-hybridized carbons (Fsp3) is 0.167. The Labute approximate surface area is 216 Å². The minimum atomic E-state index is -0.923. The second-order valence-corrected chi connectivity index (χ2v) is 8.44. The molecule has 7 nitrogen and oxygen atoms in total. The van der Waals surface area contributed by atoms with Crippen molar-refractivity contribution < 1.29 is 19.1 Å². The molecular weight excluding hydrogens is 466 g/mol. The van der Waals surface area contributed by atoms with Crippen LogP contribution in [-0.4, -0.2) is 35.9 Å². The largest absolute Gasteiger partial charge is 0.497 e. The average Bonchev–Trinajstić information content (AvgIpc) is 2.94. The third kappa shape index (κ3) is 6.73. The lowest BCUT2D eigenvalue weighted by Crippen LogP contribution is -2.41. The second-order valence-electron chi connectivity index (χ2n) is 8.44. The molecule has 1 N–H and O–H groups in total. The zero-order chi connectivity index (χ0) is 26.0. The zero-order valence-corrected chi connectivity index (χ0v) is 20.8. The minimum Gasteiger partial charge on any atom is -0.497 e. The number of pyridine rings is 1. The van der Waals surface area contributed by atoms with Crippen molar-refractivity contribution in [3.8, 4) is 11.5 Å². The molecule has 0 aliphatic carbocycles. The molecule has 0 bridgehead atoms. The Balaban J connectivity index is 1.74. The maximum atomic E-state index is 13.9. The molecule has 188 valence electrons. The number of carbonyl (C=O) groups excluding carboxylic acids is 2. The lowest BCUT2D eigenvalue weighted by Gasteiger charge is -2.32. The Kier molecular flexibility index (Phi) is 8.49. The van der Waals surface area contributed by atoms with Crippen LogP contribution < -0.4 is 14.8 Å². The Morgan fingerprint density at radius 2 is 1.57 bits per heavy atom. The molecule has 4 rings (SSSR count). The van der Waals surface area contributed by atoms with Gasteiger partial charge in [-0.15, -0.1) is 0 Å². The van der Waals surface area contributed by atoms with E-state index in [2.05, 4.69) is 10.3 Å². The number of rotatable bonds is 10. The van der Waals surface area contributed by atoms with E-state index in [1.165, 1.54) is 0 Å². The fourth-order valence-electron chi connectivity index (χ4n) is 4.05. The molecule has 0 aliphatic heterocycles. The highest BCUT2D eigenvalue weighted by molar-refractivity contribution is 5.98. The van der Waals surface area contributed by atoms with Gasteiger partial charge in [-0.3, -0.25) is 14.6 Å². The van der Waals surface area contributed by atoms with Crippen LogP contribution in [0, 0.1) is 0 Å². The van der Waals surface area contributed by atoms with Gasteiger partial charge in [0.25, 0.3) is 5.91 Å². The van der Waals surface area contributed by atoms with Crippen LogP contribution in [0.25, 0.3) is 0 Å². The predicted octanol–water partition coefficient (Wildman–Crippen LogP) is 5.05. The van der Waals surface area contributed by atoms with E-state index in [1.807, 2.05) is 54.6 Å². The summed E-state index contributed by atoms with van der Waals surface area (Å²) in [6, 6.07) is 26.6. The van der Waals surface area contributed by atoms with Gasteiger partial charge in [-0.1, -0.05) is 48.5 Å². The summed E-state index contributed by atoms with van der Waals surface area (Å²) in [7, 11) is 3.15. The van der Waals surface area contributed by atoms with Gasteiger partial charge < -0.3 is 19.7 Å². The SMILES string of the molecule is COc1ccc(NC(=O)C(c2cccc(OC)c2)N(Cc2cccnc2)C(=O)Cc2ccccc2)cc1. The first-order chi connectivity index (χ1) is 18.1. The van der Waals surface area contributed by atoms with Crippen LogP contribution in [0.2, 0.25) is 0 Å². The molecule has 1 heterocycles. The Morgan fingerprint density at radius 3 is 2.24 bits per heavy atom. The van der Waals surface area contributed by atoms with E-state index >= 15 is 0 Å². The van der Waals surface area contributed by atoms with Crippen molar-refractivity contribution in [2.24, 2.45) is 0 Å². The predicted molar refractivity (Wildman–Crippen MR) is 142 cm³/mol. The fourth-order valence-corrected chi connectivity index (χ4v) is 4.05. The van der Waals surface area contributed by atoms with Gasteiger partial charge in [-0.2, -0.15) is 0 Å². The zero-order valence-electron chi connectivity index (χ0n) is 20.8. The lowest BCUT2D eigenvalue weighted by molar-refractivity contribution is -0.139. The lowest BCUT2D eigenvalue weighted by atomic mass is 10.0. The number of nitrogens with zero attached hydrogens (tertiary/aromatic N) is 2.